The minimum atomic E-state index is -1.39. The minimum absolute atomic E-state index is 0.135. The maximum absolute atomic E-state index is 11.9. The van der Waals surface area contributed by atoms with Crippen LogP contribution >= 0.6 is 0 Å². The van der Waals surface area contributed by atoms with Gasteiger partial charge >= 0.3 is 18.2 Å². The van der Waals surface area contributed by atoms with E-state index in [2.05, 4.69) is 10.6 Å². The maximum Gasteiger partial charge on any atom is 0.408 e. The highest BCUT2D eigenvalue weighted by Crippen LogP contribution is 2.23. The number of hydrogen-bond donors (Lipinski definition) is 3. The van der Waals surface area contributed by atoms with Crippen LogP contribution < -0.4 is 10.6 Å². The number of rotatable bonds is 4. The maximum atomic E-state index is 11.9. The summed E-state index contributed by atoms with van der Waals surface area (Å²) in [5.41, 5.74) is -2.09. The fraction of sp³-hybridized carbons (Fsp3) is 0.786. The van der Waals surface area contributed by atoms with Gasteiger partial charge < -0.3 is 25.2 Å². The first-order valence-electron chi connectivity index (χ1n) is 7.51. The number of carboxylic acids is 1. The molecule has 0 aromatic heterocycles. The third-order valence-corrected chi connectivity index (χ3v) is 3.71. The van der Waals surface area contributed by atoms with E-state index < -0.39 is 29.3 Å². The second kappa shape index (κ2) is 6.23. The first kappa shape index (κ1) is 17.3. The van der Waals surface area contributed by atoms with Gasteiger partial charge in [-0.25, -0.2) is 14.4 Å². The number of carbonyl (C=O) groups excluding carboxylic acids is 2. The zero-order valence-corrected chi connectivity index (χ0v) is 13.5. The third kappa shape index (κ3) is 4.47. The van der Waals surface area contributed by atoms with E-state index in [-0.39, 0.29) is 19.1 Å². The molecule has 2 fully saturated rings. The summed E-state index contributed by atoms with van der Waals surface area (Å²) in [4.78, 5) is 36.5. The largest absolute Gasteiger partial charge is 0.479 e. The Kier molecular flexibility index (Phi) is 4.69. The van der Waals surface area contributed by atoms with Crippen molar-refractivity contribution in [1.29, 1.82) is 0 Å². The van der Waals surface area contributed by atoms with Gasteiger partial charge in [0.25, 0.3) is 0 Å². The lowest BCUT2D eigenvalue weighted by Crippen LogP contribution is -2.57. The number of alkyl carbamates (subject to hydrolysis) is 2. The highest BCUT2D eigenvalue weighted by atomic mass is 16.6. The first-order valence-corrected chi connectivity index (χ1v) is 7.51. The molecular weight excluding hydrogens is 306 g/mol. The van der Waals surface area contributed by atoms with Crippen LogP contribution in [0.2, 0.25) is 0 Å². The van der Waals surface area contributed by atoms with Gasteiger partial charge in [-0.3, -0.25) is 4.90 Å². The molecule has 130 valence electrons. The van der Waals surface area contributed by atoms with Crippen LogP contribution in [0.3, 0.4) is 0 Å². The number of nitrogens with zero attached hydrogens (tertiary/aromatic N) is 1. The molecule has 0 aliphatic carbocycles. The van der Waals surface area contributed by atoms with Gasteiger partial charge in [-0.1, -0.05) is 0 Å². The van der Waals surface area contributed by atoms with Gasteiger partial charge in [-0.2, -0.15) is 0 Å². The SMILES string of the molecule is CC(C)(C)OC(=O)NC1(C(=O)O)CCN(CC2CNC(=O)O2)C1. The molecule has 3 N–H and O–H groups in total. The average Bonchev–Trinajstić information content (AvgIpc) is 2.95. The highest BCUT2D eigenvalue weighted by molar-refractivity contribution is 5.85. The van der Waals surface area contributed by atoms with Crippen LogP contribution in [0.15, 0.2) is 0 Å². The standard InChI is InChI=1S/C14H23N3O6/c1-13(2,3)23-12(21)16-14(10(18)19)4-5-17(8-14)7-9-6-15-11(20)22-9/h9H,4-8H2,1-3H3,(H,15,20)(H,16,21)(H,18,19). The van der Waals surface area contributed by atoms with Gasteiger partial charge in [0.05, 0.1) is 6.54 Å². The molecule has 23 heavy (non-hydrogen) atoms. The number of aliphatic carboxylic acids is 1. The van der Waals surface area contributed by atoms with Crippen molar-refractivity contribution in [2.45, 2.75) is 44.4 Å². The van der Waals surface area contributed by atoms with Crippen molar-refractivity contribution in [1.82, 2.24) is 15.5 Å². The van der Waals surface area contributed by atoms with Gasteiger partial charge in [0.15, 0.2) is 5.54 Å². The molecule has 2 atom stereocenters. The molecule has 0 saturated carbocycles. The monoisotopic (exact) mass is 329 g/mol. The molecule has 0 aromatic rings. The summed E-state index contributed by atoms with van der Waals surface area (Å²) >= 11 is 0. The summed E-state index contributed by atoms with van der Waals surface area (Å²) in [5.74, 6) is -1.10. The number of carboxylic acid groups (broad SMARTS) is 1. The number of carbonyl (C=O) groups is 3. The second-order valence-electron chi connectivity index (χ2n) is 6.91. The number of ether oxygens (including phenoxy) is 2. The lowest BCUT2D eigenvalue weighted by molar-refractivity contribution is -0.144. The summed E-state index contributed by atoms with van der Waals surface area (Å²) in [7, 11) is 0. The second-order valence-corrected chi connectivity index (χ2v) is 6.91. The van der Waals surface area contributed by atoms with E-state index in [1.54, 1.807) is 20.8 Å². The van der Waals surface area contributed by atoms with E-state index in [1.165, 1.54) is 0 Å². The van der Waals surface area contributed by atoms with Crippen molar-refractivity contribution in [3.8, 4) is 0 Å². The Morgan fingerprint density at radius 2 is 2.22 bits per heavy atom. The van der Waals surface area contributed by atoms with Crippen molar-refractivity contribution in [2.24, 2.45) is 0 Å². The molecular formula is C14H23N3O6. The number of hydrogen-bond acceptors (Lipinski definition) is 6. The van der Waals surface area contributed by atoms with E-state index in [0.717, 1.165) is 0 Å². The molecule has 0 aromatic carbocycles. The Bertz CT molecular complexity index is 503. The Morgan fingerprint density at radius 3 is 2.74 bits per heavy atom. The van der Waals surface area contributed by atoms with Crippen LogP contribution in [-0.4, -0.2) is 71.6 Å². The Hall–Kier alpha value is -2.03. The molecule has 2 aliphatic heterocycles. The van der Waals surface area contributed by atoms with E-state index in [4.69, 9.17) is 9.47 Å². The van der Waals surface area contributed by atoms with E-state index in [9.17, 15) is 19.5 Å². The predicted octanol–water partition coefficient (Wildman–Crippen LogP) is 0.149. The topological polar surface area (TPSA) is 117 Å². The molecule has 2 rings (SSSR count). The van der Waals surface area contributed by atoms with E-state index >= 15 is 0 Å². The zero-order valence-electron chi connectivity index (χ0n) is 13.5. The summed E-state index contributed by atoms with van der Waals surface area (Å²) in [5, 5.41) is 14.6. The summed E-state index contributed by atoms with van der Waals surface area (Å²) in [6.07, 6.45) is -1.27. The summed E-state index contributed by atoms with van der Waals surface area (Å²) in [6, 6.07) is 0. The Morgan fingerprint density at radius 1 is 1.52 bits per heavy atom. The lowest BCUT2D eigenvalue weighted by Gasteiger charge is -2.28. The number of nitrogens with one attached hydrogen (secondary N) is 2. The smallest absolute Gasteiger partial charge is 0.408 e. The normalized spacial score (nSPS) is 28.1. The molecule has 0 spiro atoms. The Labute approximate surface area is 134 Å². The van der Waals surface area contributed by atoms with Gasteiger partial charge in [0.1, 0.15) is 11.7 Å². The highest BCUT2D eigenvalue weighted by Gasteiger charge is 2.47. The van der Waals surface area contributed by atoms with Crippen LogP contribution in [0.4, 0.5) is 9.59 Å². The van der Waals surface area contributed by atoms with Crippen LogP contribution in [0.25, 0.3) is 0 Å². The molecule has 0 radical (unpaired) electrons. The summed E-state index contributed by atoms with van der Waals surface area (Å²) < 4.78 is 10.2. The van der Waals surface area contributed by atoms with Crippen LogP contribution in [0.1, 0.15) is 27.2 Å². The molecule has 2 unspecified atom stereocenters. The van der Waals surface area contributed by atoms with Crippen molar-refractivity contribution < 1.29 is 29.0 Å². The molecule has 9 nitrogen and oxygen atoms in total. The number of cyclic esters (lactones) is 1. The quantitative estimate of drug-likeness (QED) is 0.672. The number of amides is 2. The van der Waals surface area contributed by atoms with Crippen molar-refractivity contribution >= 4 is 18.2 Å². The fourth-order valence-corrected chi connectivity index (χ4v) is 2.70. The van der Waals surface area contributed by atoms with Crippen molar-refractivity contribution in [3.05, 3.63) is 0 Å². The molecule has 2 saturated heterocycles. The van der Waals surface area contributed by atoms with E-state index in [1.807, 2.05) is 4.90 Å². The van der Waals surface area contributed by atoms with Gasteiger partial charge in [-0.05, 0) is 27.2 Å². The minimum Gasteiger partial charge on any atom is -0.479 e. The summed E-state index contributed by atoms with van der Waals surface area (Å²) in [6.45, 7) is 6.57. The van der Waals surface area contributed by atoms with Gasteiger partial charge in [0, 0.05) is 19.6 Å². The molecule has 9 heteroatoms. The Balaban J connectivity index is 1.95. The first-order chi connectivity index (χ1) is 10.6. The molecule has 2 aliphatic rings. The van der Waals surface area contributed by atoms with Crippen LogP contribution in [0, 0.1) is 0 Å². The van der Waals surface area contributed by atoms with E-state index in [0.29, 0.717) is 19.6 Å². The van der Waals surface area contributed by atoms with Crippen molar-refractivity contribution in [3.63, 3.8) is 0 Å². The fourth-order valence-electron chi connectivity index (χ4n) is 2.70. The third-order valence-electron chi connectivity index (χ3n) is 3.71. The van der Waals surface area contributed by atoms with Gasteiger partial charge in [-0.15, -0.1) is 0 Å². The molecule has 0 bridgehead atoms. The van der Waals surface area contributed by atoms with Crippen LogP contribution in [0.5, 0.6) is 0 Å². The molecule has 2 amide bonds. The molecule has 2 heterocycles. The zero-order chi connectivity index (χ0) is 17.3. The average molecular weight is 329 g/mol. The van der Waals surface area contributed by atoms with Crippen molar-refractivity contribution in [2.75, 3.05) is 26.2 Å². The number of likely N-dealkylation sites (tertiary alicyclic amines) is 1. The van der Waals surface area contributed by atoms with Gasteiger partial charge in [0.2, 0.25) is 0 Å². The predicted molar refractivity (Wildman–Crippen MR) is 79.1 cm³/mol. The van der Waals surface area contributed by atoms with Crippen LogP contribution in [-0.2, 0) is 14.3 Å². The lowest BCUT2D eigenvalue weighted by atomic mass is 9.99.